The predicted octanol–water partition coefficient (Wildman–Crippen LogP) is 3.63. The highest BCUT2D eigenvalue weighted by Gasteiger charge is 2.15. The van der Waals surface area contributed by atoms with Crippen molar-refractivity contribution < 1.29 is 14.7 Å². The van der Waals surface area contributed by atoms with Crippen molar-refractivity contribution in [3.05, 3.63) is 52.2 Å². The third-order valence-electron chi connectivity index (χ3n) is 2.94. The Kier molecular flexibility index (Phi) is 6.03. The molecule has 0 bridgehead atoms. The molecule has 0 radical (unpaired) electrons. The number of hydrogen-bond acceptors (Lipinski definition) is 4. The molecular weight excluding hydrogens is 318 g/mol. The Morgan fingerprint density at radius 1 is 1.27 bits per heavy atom. The van der Waals surface area contributed by atoms with Crippen LogP contribution in [0.15, 0.2) is 46.7 Å². The molecule has 2 aromatic rings. The van der Waals surface area contributed by atoms with Crippen LogP contribution in [-0.2, 0) is 10.5 Å². The Morgan fingerprint density at radius 3 is 2.73 bits per heavy atom. The maximum atomic E-state index is 12.3. The van der Waals surface area contributed by atoms with Gasteiger partial charge in [0.05, 0.1) is 12.0 Å². The van der Waals surface area contributed by atoms with Crippen molar-refractivity contribution in [1.29, 1.82) is 0 Å². The summed E-state index contributed by atoms with van der Waals surface area (Å²) in [5, 5.41) is 13.5. The lowest BCUT2D eigenvalue weighted by atomic mass is 10.2. The Morgan fingerprint density at radius 2 is 2.05 bits per heavy atom. The van der Waals surface area contributed by atoms with E-state index in [1.807, 2.05) is 29.6 Å². The van der Waals surface area contributed by atoms with Crippen molar-refractivity contribution in [3.8, 4) is 0 Å². The number of carbonyl (C=O) groups is 2. The lowest BCUT2D eigenvalue weighted by Crippen LogP contribution is -2.34. The molecule has 1 unspecified atom stereocenters. The standard InChI is InChI=1S/C16H17NO3S2/c1-11(9-15(18)19)17-16(20)13-6-2-3-7-14(13)22-10-12-5-4-8-21-12/h2-8,11H,9-10H2,1H3,(H,17,20)(H,18,19). The number of amides is 1. The van der Waals surface area contributed by atoms with Crippen LogP contribution in [0.2, 0.25) is 0 Å². The van der Waals surface area contributed by atoms with Gasteiger partial charge in [-0.2, -0.15) is 0 Å². The Labute approximate surface area is 137 Å². The predicted molar refractivity (Wildman–Crippen MR) is 89.5 cm³/mol. The van der Waals surface area contributed by atoms with E-state index < -0.39 is 12.0 Å². The molecular formula is C16H17NO3S2. The molecule has 116 valence electrons. The molecule has 1 heterocycles. The number of rotatable bonds is 7. The summed E-state index contributed by atoms with van der Waals surface area (Å²) in [4.78, 5) is 25.1. The van der Waals surface area contributed by atoms with Gasteiger partial charge >= 0.3 is 5.97 Å². The molecule has 0 aliphatic heterocycles. The maximum Gasteiger partial charge on any atom is 0.305 e. The highest BCUT2D eigenvalue weighted by atomic mass is 32.2. The average Bonchev–Trinajstić information content (AvgIpc) is 2.97. The fraction of sp³-hybridized carbons (Fsp3) is 0.250. The minimum absolute atomic E-state index is 0.0871. The maximum absolute atomic E-state index is 12.3. The van der Waals surface area contributed by atoms with Crippen molar-refractivity contribution in [2.24, 2.45) is 0 Å². The van der Waals surface area contributed by atoms with Crippen LogP contribution in [0.25, 0.3) is 0 Å². The van der Waals surface area contributed by atoms with Gasteiger partial charge in [-0.1, -0.05) is 18.2 Å². The molecule has 0 aliphatic rings. The normalized spacial score (nSPS) is 11.9. The molecule has 2 rings (SSSR count). The number of carbonyl (C=O) groups excluding carboxylic acids is 1. The van der Waals surface area contributed by atoms with Gasteiger partial charge < -0.3 is 10.4 Å². The van der Waals surface area contributed by atoms with Crippen LogP contribution >= 0.6 is 23.1 Å². The summed E-state index contributed by atoms with van der Waals surface area (Å²) in [6.45, 7) is 1.69. The monoisotopic (exact) mass is 335 g/mol. The number of hydrogen-bond donors (Lipinski definition) is 2. The summed E-state index contributed by atoms with van der Waals surface area (Å²) in [5.74, 6) is -0.344. The summed E-state index contributed by atoms with van der Waals surface area (Å²) < 4.78 is 0. The number of nitrogens with one attached hydrogen (secondary N) is 1. The van der Waals surface area contributed by atoms with Gasteiger partial charge in [0, 0.05) is 21.6 Å². The van der Waals surface area contributed by atoms with Crippen molar-refractivity contribution >= 4 is 35.0 Å². The molecule has 1 aromatic heterocycles. The second-order valence-corrected chi connectivity index (χ2v) is 6.89. The first-order chi connectivity index (χ1) is 10.6. The first-order valence-corrected chi connectivity index (χ1v) is 8.69. The van der Waals surface area contributed by atoms with Crippen LogP contribution in [-0.4, -0.2) is 23.0 Å². The molecule has 0 saturated carbocycles. The first kappa shape index (κ1) is 16.6. The van der Waals surface area contributed by atoms with E-state index in [0.29, 0.717) is 5.56 Å². The van der Waals surface area contributed by atoms with E-state index in [4.69, 9.17) is 5.11 Å². The van der Waals surface area contributed by atoms with E-state index in [0.717, 1.165) is 10.6 Å². The molecule has 22 heavy (non-hydrogen) atoms. The van der Waals surface area contributed by atoms with E-state index in [1.54, 1.807) is 36.1 Å². The lowest BCUT2D eigenvalue weighted by Gasteiger charge is -2.13. The smallest absolute Gasteiger partial charge is 0.305 e. The zero-order valence-corrected chi connectivity index (χ0v) is 13.7. The molecule has 0 spiro atoms. The zero-order chi connectivity index (χ0) is 15.9. The largest absolute Gasteiger partial charge is 0.481 e. The Hall–Kier alpha value is -1.79. The molecule has 1 atom stereocenters. The summed E-state index contributed by atoms with van der Waals surface area (Å²) in [5.41, 5.74) is 0.585. The molecule has 0 saturated heterocycles. The molecule has 0 fully saturated rings. The number of aliphatic carboxylic acids is 1. The van der Waals surface area contributed by atoms with Gasteiger partial charge in [-0.3, -0.25) is 9.59 Å². The van der Waals surface area contributed by atoms with Crippen LogP contribution in [0.1, 0.15) is 28.6 Å². The topological polar surface area (TPSA) is 66.4 Å². The van der Waals surface area contributed by atoms with Crippen LogP contribution in [0, 0.1) is 0 Å². The molecule has 0 aliphatic carbocycles. The van der Waals surface area contributed by atoms with E-state index >= 15 is 0 Å². The second-order valence-electron chi connectivity index (χ2n) is 4.84. The number of benzene rings is 1. The van der Waals surface area contributed by atoms with Crippen molar-refractivity contribution in [2.75, 3.05) is 0 Å². The number of thiophene rings is 1. The summed E-state index contributed by atoms with van der Waals surface area (Å²) in [6.07, 6.45) is -0.0871. The minimum atomic E-state index is -0.923. The third kappa shape index (κ3) is 4.89. The fourth-order valence-electron chi connectivity index (χ4n) is 1.94. The van der Waals surface area contributed by atoms with Crippen LogP contribution in [0.4, 0.5) is 0 Å². The van der Waals surface area contributed by atoms with Crippen molar-refractivity contribution in [1.82, 2.24) is 5.32 Å². The summed E-state index contributed by atoms with van der Waals surface area (Å²) in [6, 6.07) is 11.1. The Bertz CT molecular complexity index is 641. The fourth-order valence-corrected chi connectivity index (χ4v) is 3.76. The molecule has 1 amide bonds. The van der Waals surface area contributed by atoms with Gasteiger partial charge in [-0.15, -0.1) is 23.1 Å². The Balaban J connectivity index is 2.03. The quantitative estimate of drug-likeness (QED) is 0.758. The van der Waals surface area contributed by atoms with Gasteiger partial charge in [-0.25, -0.2) is 0 Å². The molecule has 1 aromatic carbocycles. The van der Waals surface area contributed by atoms with E-state index in [2.05, 4.69) is 11.4 Å². The highest BCUT2D eigenvalue weighted by molar-refractivity contribution is 7.98. The molecule has 2 N–H and O–H groups in total. The second kappa shape index (κ2) is 8.00. The first-order valence-electron chi connectivity index (χ1n) is 6.83. The van der Waals surface area contributed by atoms with Gasteiger partial charge in [0.2, 0.25) is 0 Å². The van der Waals surface area contributed by atoms with Crippen molar-refractivity contribution in [2.45, 2.75) is 30.0 Å². The number of thioether (sulfide) groups is 1. The SMILES string of the molecule is CC(CC(=O)O)NC(=O)c1ccccc1SCc1cccs1. The summed E-state index contributed by atoms with van der Waals surface area (Å²) >= 11 is 3.29. The van der Waals surface area contributed by atoms with Crippen molar-refractivity contribution in [3.63, 3.8) is 0 Å². The van der Waals surface area contributed by atoms with Crippen LogP contribution < -0.4 is 5.32 Å². The number of carboxylic acid groups (broad SMARTS) is 1. The average molecular weight is 335 g/mol. The van der Waals surface area contributed by atoms with E-state index in [9.17, 15) is 9.59 Å². The number of carboxylic acids is 1. The van der Waals surface area contributed by atoms with Gasteiger partial charge in [-0.05, 0) is 30.5 Å². The minimum Gasteiger partial charge on any atom is -0.481 e. The van der Waals surface area contributed by atoms with E-state index in [-0.39, 0.29) is 12.3 Å². The summed E-state index contributed by atoms with van der Waals surface area (Å²) in [7, 11) is 0. The van der Waals surface area contributed by atoms with Gasteiger partial charge in [0.15, 0.2) is 0 Å². The molecule has 4 nitrogen and oxygen atoms in total. The lowest BCUT2D eigenvalue weighted by molar-refractivity contribution is -0.137. The highest BCUT2D eigenvalue weighted by Crippen LogP contribution is 2.28. The zero-order valence-electron chi connectivity index (χ0n) is 12.1. The van der Waals surface area contributed by atoms with Crippen LogP contribution in [0.3, 0.4) is 0 Å². The molecule has 6 heteroatoms. The third-order valence-corrected chi connectivity index (χ3v) is 5.12. The van der Waals surface area contributed by atoms with Crippen LogP contribution in [0.5, 0.6) is 0 Å². The van der Waals surface area contributed by atoms with Gasteiger partial charge in [0.25, 0.3) is 5.91 Å². The van der Waals surface area contributed by atoms with Gasteiger partial charge in [0.1, 0.15) is 0 Å². The van der Waals surface area contributed by atoms with E-state index in [1.165, 1.54) is 4.88 Å².